The molecule has 0 amide bonds. The number of carbonyl (C=O) groups excluding carboxylic acids is 2. The molecule has 5 aliphatic rings. The Labute approximate surface area is 134 Å². The lowest BCUT2D eigenvalue weighted by atomic mass is 9.47. The summed E-state index contributed by atoms with van der Waals surface area (Å²) in [5, 5.41) is 0. The summed E-state index contributed by atoms with van der Waals surface area (Å²) < 4.78 is 17.3. The molecule has 0 radical (unpaired) electrons. The molecule has 0 aromatic rings. The molecule has 4 fully saturated rings. The maximum atomic E-state index is 12.6. The molecule has 2 saturated carbocycles. The third-order valence-corrected chi connectivity index (χ3v) is 6.97. The Morgan fingerprint density at radius 1 is 1.22 bits per heavy atom. The largest absolute Gasteiger partial charge is 0.459 e. The maximum Gasteiger partial charge on any atom is 0.331 e. The lowest BCUT2D eigenvalue weighted by Crippen LogP contribution is -2.59. The van der Waals surface area contributed by atoms with Gasteiger partial charge in [-0.25, -0.2) is 4.79 Å². The van der Waals surface area contributed by atoms with Crippen LogP contribution in [0.3, 0.4) is 0 Å². The molecule has 5 rings (SSSR count). The van der Waals surface area contributed by atoms with Gasteiger partial charge in [0.15, 0.2) is 11.7 Å². The minimum atomic E-state index is -0.672. The van der Waals surface area contributed by atoms with Gasteiger partial charge in [0.2, 0.25) is 0 Å². The Bertz CT molecular complexity index is 696. The Morgan fingerprint density at radius 2 is 1.96 bits per heavy atom. The molecule has 5 nitrogen and oxygen atoms in total. The van der Waals surface area contributed by atoms with Gasteiger partial charge in [-0.15, -0.1) is 0 Å². The van der Waals surface area contributed by atoms with Gasteiger partial charge < -0.3 is 14.2 Å². The highest BCUT2D eigenvalue weighted by atomic mass is 16.7. The Hall–Kier alpha value is -1.62. The zero-order valence-electron chi connectivity index (χ0n) is 13.3. The fraction of sp³-hybridized carbons (Fsp3) is 0.667. The number of carbonyl (C=O) groups is 2. The molecule has 122 valence electrons. The fourth-order valence-corrected chi connectivity index (χ4v) is 6.05. The summed E-state index contributed by atoms with van der Waals surface area (Å²) in [5.41, 5.74) is -0.449. The van der Waals surface area contributed by atoms with Crippen molar-refractivity contribution in [3.8, 4) is 0 Å². The second kappa shape index (κ2) is 3.72. The first kappa shape index (κ1) is 13.8. The van der Waals surface area contributed by atoms with Crippen molar-refractivity contribution in [3.63, 3.8) is 0 Å². The zero-order valence-corrected chi connectivity index (χ0v) is 13.3. The molecule has 0 aromatic heterocycles. The van der Waals surface area contributed by atoms with E-state index < -0.39 is 17.1 Å². The van der Waals surface area contributed by atoms with E-state index >= 15 is 0 Å². The number of cyclic esters (lactones) is 1. The highest BCUT2D eigenvalue weighted by molar-refractivity contribution is 5.87. The van der Waals surface area contributed by atoms with Gasteiger partial charge in [-0.05, 0) is 36.8 Å². The lowest BCUT2D eigenvalue weighted by molar-refractivity contribution is -0.149. The molecule has 0 unspecified atom stereocenters. The third kappa shape index (κ3) is 1.28. The van der Waals surface area contributed by atoms with Crippen molar-refractivity contribution in [2.45, 2.75) is 57.0 Å². The van der Waals surface area contributed by atoms with Crippen LogP contribution in [0.1, 0.15) is 33.1 Å². The summed E-state index contributed by atoms with van der Waals surface area (Å²) in [5.74, 6) is -0.410. The molecule has 2 saturated heterocycles. The Morgan fingerprint density at radius 3 is 2.70 bits per heavy atom. The van der Waals surface area contributed by atoms with E-state index in [1.54, 1.807) is 12.2 Å². The average Bonchev–Trinajstić information content (AvgIpc) is 3.17. The first-order valence-corrected chi connectivity index (χ1v) is 8.33. The van der Waals surface area contributed by atoms with Gasteiger partial charge in [0, 0.05) is 12.0 Å². The predicted molar refractivity (Wildman–Crippen MR) is 79.2 cm³/mol. The van der Waals surface area contributed by atoms with Crippen LogP contribution >= 0.6 is 0 Å². The van der Waals surface area contributed by atoms with E-state index in [4.69, 9.17) is 14.2 Å². The summed E-state index contributed by atoms with van der Waals surface area (Å²) >= 11 is 0. The average molecular weight is 316 g/mol. The van der Waals surface area contributed by atoms with Gasteiger partial charge in [-0.3, -0.25) is 4.79 Å². The molecule has 5 heteroatoms. The second-order valence-electron chi connectivity index (χ2n) is 8.02. The number of hydrogen-bond donors (Lipinski definition) is 0. The van der Waals surface area contributed by atoms with Gasteiger partial charge in [-0.2, -0.15) is 0 Å². The highest BCUT2D eigenvalue weighted by Crippen LogP contribution is 2.72. The van der Waals surface area contributed by atoms with Crippen LogP contribution in [0.2, 0.25) is 0 Å². The minimum Gasteiger partial charge on any atom is -0.459 e. The van der Waals surface area contributed by atoms with E-state index in [9.17, 15) is 9.59 Å². The molecular weight excluding hydrogens is 296 g/mol. The Kier molecular flexibility index (Phi) is 2.23. The zero-order chi connectivity index (χ0) is 16.2. The van der Waals surface area contributed by atoms with Crippen molar-refractivity contribution in [2.24, 2.45) is 16.7 Å². The molecule has 2 aliphatic carbocycles. The van der Waals surface area contributed by atoms with E-state index in [1.165, 1.54) is 0 Å². The van der Waals surface area contributed by atoms with Gasteiger partial charge in [0.25, 0.3) is 0 Å². The fourth-order valence-electron chi connectivity index (χ4n) is 6.05. The van der Waals surface area contributed by atoms with Crippen molar-refractivity contribution in [2.75, 3.05) is 0 Å². The van der Waals surface area contributed by atoms with E-state index in [-0.39, 0.29) is 35.5 Å². The molecule has 7 atom stereocenters. The number of epoxide rings is 1. The number of hydrogen-bond acceptors (Lipinski definition) is 5. The monoisotopic (exact) mass is 316 g/mol. The summed E-state index contributed by atoms with van der Waals surface area (Å²) in [6.45, 7) is 7.98. The van der Waals surface area contributed by atoms with Crippen LogP contribution in [0.25, 0.3) is 0 Å². The molecule has 0 bridgehead atoms. The smallest absolute Gasteiger partial charge is 0.331 e. The van der Waals surface area contributed by atoms with Crippen LogP contribution < -0.4 is 0 Å². The summed E-state index contributed by atoms with van der Waals surface area (Å²) in [7, 11) is 0. The lowest BCUT2D eigenvalue weighted by Gasteiger charge is -2.53. The standard InChI is InChI=1S/C18H20O5/c1-4-10-18-9(8-11(19)21-10)16(2)6-5-7-17(3)13(16)12(14(18)23-18)22-15(17)20/h4,8,10,12-14H,1,5-7H2,2-3H3/t10-,12+,13-,14-,16-,17+,18-/m1/s1. The van der Waals surface area contributed by atoms with Crippen molar-refractivity contribution >= 4 is 11.9 Å². The van der Waals surface area contributed by atoms with Crippen molar-refractivity contribution in [1.29, 1.82) is 0 Å². The topological polar surface area (TPSA) is 65.1 Å². The van der Waals surface area contributed by atoms with Gasteiger partial charge in [0.1, 0.15) is 12.2 Å². The SMILES string of the molecule is C=C[C@H]1OC(=O)C=C2[C@@]13O[C@@H]3[C@H]1OC(=O)[C@@]3(C)CCC[C@@]2(C)[C@@H]13. The van der Waals surface area contributed by atoms with Gasteiger partial charge in [-0.1, -0.05) is 19.9 Å². The van der Waals surface area contributed by atoms with Crippen molar-refractivity contribution in [1.82, 2.24) is 0 Å². The van der Waals surface area contributed by atoms with E-state index in [2.05, 4.69) is 13.5 Å². The van der Waals surface area contributed by atoms with E-state index in [0.717, 1.165) is 24.8 Å². The molecule has 1 spiro atoms. The highest BCUT2D eigenvalue weighted by Gasteiger charge is 2.82. The van der Waals surface area contributed by atoms with Crippen LogP contribution in [0.15, 0.2) is 24.3 Å². The van der Waals surface area contributed by atoms with Gasteiger partial charge in [0.05, 0.1) is 5.41 Å². The summed E-state index contributed by atoms with van der Waals surface area (Å²) in [4.78, 5) is 24.7. The minimum absolute atomic E-state index is 0.0551. The summed E-state index contributed by atoms with van der Waals surface area (Å²) in [6, 6.07) is 0. The first-order chi connectivity index (χ1) is 10.9. The van der Waals surface area contributed by atoms with Crippen LogP contribution in [-0.4, -0.2) is 35.9 Å². The van der Waals surface area contributed by atoms with Crippen LogP contribution in [0.4, 0.5) is 0 Å². The van der Waals surface area contributed by atoms with E-state index in [0.29, 0.717) is 0 Å². The number of esters is 2. The number of rotatable bonds is 1. The van der Waals surface area contributed by atoms with E-state index in [1.807, 2.05) is 6.92 Å². The quantitative estimate of drug-likeness (QED) is 0.420. The number of fused-ring (bicyclic) bond motifs is 2. The molecular formula is C18H20O5. The molecule has 3 aliphatic heterocycles. The third-order valence-electron chi connectivity index (χ3n) is 6.97. The predicted octanol–water partition coefficient (Wildman–Crippen LogP) is 1.91. The van der Waals surface area contributed by atoms with Crippen LogP contribution in [0, 0.1) is 16.7 Å². The van der Waals surface area contributed by atoms with Crippen molar-refractivity contribution in [3.05, 3.63) is 24.3 Å². The second-order valence-corrected chi connectivity index (χ2v) is 8.02. The normalized spacial score (nSPS) is 55.7. The Balaban J connectivity index is 1.74. The molecule has 23 heavy (non-hydrogen) atoms. The van der Waals surface area contributed by atoms with Gasteiger partial charge >= 0.3 is 11.9 Å². The van der Waals surface area contributed by atoms with Crippen LogP contribution in [-0.2, 0) is 23.8 Å². The van der Waals surface area contributed by atoms with Crippen molar-refractivity contribution < 1.29 is 23.8 Å². The summed E-state index contributed by atoms with van der Waals surface area (Å²) in [6.07, 6.45) is 4.95. The molecule has 0 N–H and O–H groups in total. The van der Waals surface area contributed by atoms with Crippen LogP contribution in [0.5, 0.6) is 0 Å². The number of ether oxygens (including phenoxy) is 3. The molecule has 3 heterocycles. The maximum absolute atomic E-state index is 12.6. The molecule has 0 aromatic carbocycles. The first-order valence-electron chi connectivity index (χ1n) is 8.33.